The molecule has 1 fully saturated rings. The van der Waals surface area contributed by atoms with Gasteiger partial charge >= 0.3 is 6.08 Å². The minimum atomic E-state index is -0.535. The normalized spacial score (nSPS) is 21.8. The Hall–Kier alpha value is -0.420. The first kappa shape index (κ1) is 13.6. The molecule has 1 heterocycles. The van der Waals surface area contributed by atoms with Crippen molar-refractivity contribution in [2.24, 2.45) is 0 Å². The maximum Gasteiger partial charge on any atom is 0.380 e. The van der Waals surface area contributed by atoms with E-state index >= 15 is 0 Å². The molecule has 0 bridgehead atoms. The number of hydrogen-bond acceptors (Lipinski definition) is 6. The molecule has 1 aliphatic heterocycles. The van der Waals surface area contributed by atoms with Gasteiger partial charge in [-0.3, -0.25) is 5.23 Å². The molecule has 0 aromatic carbocycles. The molecule has 0 aliphatic carbocycles. The summed E-state index contributed by atoms with van der Waals surface area (Å²) in [5.74, 6) is 0. The highest BCUT2D eigenvalue weighted by Gasteiger charge is 2.27. The highest BCUT2D eigenvalue weighted by Crippen LogP contribution is 2.30. The van der Waals surface area contributed by atoms with E-state index in [1.54, 1.807) is 0 Å². The molecule has 6 nitrogen and oxygen atoms in total. The third-order valence-electron chi connectivity index (χ3n) is 2.58. The molecule has 16 heavy (non-hydrogen) atoms. The van der Waals surface area contributed by atoms with E-state index in [1.165, 1.54) is 0 Å². The summed E-state index contributed by atoms with van der Waals surface area (Å²) in [7, 11) is 2.55. The quantitative estimate of drug-likeness (QED) is 0.589. The van der Waals surface area contributed by atoms with E-state index in [4.69, 9.17) is 19.7 Å². The maximum atomic E-state index is 11.7. The Bertz CT molecular complexity index is 238. The molecular weight excluding hydrogens is 231 g/mol. The second kappa shape index (κ2) is 5.77. The summed E-state index contributed by atoms with van der Waals surface area (Å²) >= 11 is 0. The first-order valence-electron chi connectivity index (χ1n) is 5.29. The molecule has 1 rings (SSSR count). The van der Waals surface area contributed by atoms with Gasteiger partial charge < -0.3 is 19.5 Å². The first-order valence-corrected chi connectivity index (χ1v) is 5.87. The standard InChI is InChI=1S/C9H18N2O4P/c1-3-9(16,4-2)15-11(12)7-5-13-8(10)14-6-7/h7,10H,3-6,16H2,1-2H3/q-1. The van der Waals surface area contributed by atoms with Crippen LogP contribution in [-0.2, 0) is 14.3 Å². The molecule has 0 amide bonds. The molecule has 0 radical (unpaired) electrons. The minimum absolute atomic E-state index is 0.122. The van der Waals surface area contributed by atoms with Gasteiger partial charge in [0.25, 0.3) is 0 Å². The maximum absolute atomic E-state index is 11.7. The number of nitrogens with one attached hydrogen (secondary N) is 1. The van der Waals surface area contributed by atoms with Crippen LogP contribution in [0.4, 0.5) is 0 Å². The largest absolute Gasteiger partial charge is 0.762 e. The third-order valence-corrected chi connectivity index (χ3v) is 3.50. The van der Waals surface area contributed by atoms with E-state index in [1.807, 2.05) is 13.8 Å². The van der Waals surface area contributed by atoms with E-state index in [2.05, 4.69) is 9.24 Å². The summed E-state index contributed by atoms with van der Waals surface area (Å²) in [5.41, 5.74) is 0. The Balaban J connectivity index is 2.45. The van der Waals surface area contributed by atoms with Gasteiger partial charge in [-0.15, -0.1) is 9.24 Å². The van der Waals surface area contributed by atoms with Gasteiger partial charge in [0.05, 0.1) is 6.04 Å². The SMILES string of the molecule is CCC(P)(CC)ON([O-])C1COC(=N)OC1. The molecule has 94 valence electrons. The van der Waals surface area contributed by atoms with E-state index < -0.39 is 11.4 Å². The van der Waals surface area contributed by atoms with Gasteiger partial charge in [0.2, 0.25) is 0 Å². The summed E-state index contributed by atoms with van der Waals surface area (Å²) in [6.07, 6.45) is 1.20. The topological polar surface area (TPSA) is 77.8 Å². The molecule has 0 aromatic heterocycles. The zero-order chi connectivity index (χ0) is 12.2. The van der Waals surface area contributed by atoms with Gasteiger partial charge in [-0.25, -0.2) is 5.41 Å². The summed E-state index contributed by atoms with van der Waals surface area (Å²) in [6, 6.07) is -0.521. The van der Waals surface area contributed by atoms with Crippen molar-refractivity contribution in [2.45, 2.75) is 38.1 Å². The van der Waals surface area contributed by atoms with Gasteiger partial charge in [-0.05, 0) is 12.8 Å². The third kappa shape index (κ3) is 3.56. The van der Waals surface area contributed by atoms with Crippen LogP contribution in [0, 0.1) is 10.6 Å². The number of ether oxygens (including phenoxy) is 2. The monoisotopic (exact) mass is 249 g/mol. The number of hydrogen-bond donors (Lipinski definition) is 1. The Labute approximate surface area is 97.5 Å². The van der Waals surface area contributed by atoms with Crippen LogP contribution in [0.5, 0.6) is 0 Å². The van der Waals surface area contributed by atoms with Crippen LogP contribution >= 0.6 is 9.24 Å². The highest BCUT2D eigenvalue weighted by atomic mass is 31.0. The fourth-order valence-electron chi connectivity index (χ4n) is 1.19. The van der Waals surface area contributed by atoms with Gasteiger partial charge in [0.1, 0.15) is 18.6 Å². The summed E-state index contributed by atoms with van der Waals surface area (Å²) in [5, 5.41) is 18.7. The van der Waals surface area contributed by atoms with Crippen molar-refractivity contribution in [2.75, 3.05) is 13.2 Å². The lowest BCUT2D eigenvalue weighted by Gasteiger charge is -2.42. The fourth-order valence-corrected chi connectivity index (χ4v) is 1.29. The lowest BCUT2D eigenvalue weighted by Crippen LogP contribution is -2.46. The number of nitrogens with zero attached hydrogens (tertiary/aromatic N) is 1. The molecule has 0 aromatic rings. The predicted molar refractivity (Wildman–Crippen MR) is 62.7 cm³/mol. The molecule has 0 saturated carbocycles. The van der Waals surface area contributed by atoms with Crippen LogP contribution in [0.25, 0.3) is 0 Å². The first-order chi connectivity index (χ1) is 7.50. The molecule has 7 heteroatoms. The molecule has 1 saturated heterocycles. The van der Waals surface area contributed by atoms with Gasteiger partial charge in [-0.1, -0.05) is 13.8 Å². The highest BCUT2D eigenvalue weighted by molar-refractivity contribution is 7.18. The van der Waals surface area contributed by atoms with Crippen molar-refractivity contribution in [3.05, 3.63) is 5.21 Å². The van der Waals surface area contributed by atoms with Crippen molar-refractivity contribution in [3.8, 4) is 0 Å². The molecule has 1 unspecified atom stereocenters. The zero-order valence-corrected chi connectivity index (χ0v) is 10.7. The van der Waals surface area contributed by atoms with Crippen LogP contribution in [0.1, 0.15) is 26.7 Å². The van der Waals surface area contributed by atoms with Gasteiger partial charge in [-0.2, -0.15) is 0 Å². The minimum Gasteiger partial charge on any atom is -0.762 e. The van der Waals surface area contributed by atoms with Crippen molar-refractivity contribution in [3.63, 3.8) is 0 Å². The van der Waals surface area contributed by atoms with E-state index in [9.17, 15) is 5.21 Å². The summed E-state index contributed by atoms with van der Waals surface area (Å²) in [6.45, 7) is 4.15. The van der Waals surface area contributed by atoms with E-state index in [0.717, 1.165) is 12.8 Å². The molecule has 1 aliphatic rings. The predicted octanol–water partition coefficient (Wildman–Crippen LogP) is 1.46. The van der Waals surface area contributed by atoms with Crippen molar-refractivity contribution >= 4 is 15.3 Å². The number of rotatable bonds is 5. The van der Waals surface area contributed by atoms with Crippen LogP contribution in [-0.4, -0.2) is 35.9 Å². The Morgan fingerprint density at radius 1 is 1.50 bits per heavy atom. The lowest BCUT2D eigenvalue weighted by atomic mass is 10.2. The Morgan fingerprint density at radius 2 is 2.00 bits per heavy atom. The van der Waals surface area contributed by atoms with Crippen molar-refractivity contribution < 1.29 is 14.3 Å². The van der Waals surface area contributed by atoms with E-state index in [0.29, 0.717) is 5.23 Å². The van der Waals surface area contributed by atoms with Crippen molar-refractivity contribution in [1.29, 1.82) is 5.41 Å². The van der Waals surface area contributed by atoms with Gasteiger partial charge in [0, 0.05) is 0 Å². The van der Waals surface area contributed by atoms with Crippen LogP contribution in [0.2, 0.25) is 0 Å². The van der Waals surface area contributed by atoms with Crippen molar-refractivity contribution in [1.82, 2.24) is 5.23 Å². The second-order valence-electron chi connectivity index (χ2n) is 3.71. The van der Waals surface area contributed by atoms with Crippen LogP contribution in [0.15, 0.2) is 0 Å². The second-order valence-corrected chi connectivity index (χ2v) is 4.76. The molecule has 1 N–H and O–H groups in total. The average Bonchev–Trinajstić information content (AvgIpc) is 2.29. The fraction of sp³-hybridized carbons (Fsp3) is 0.889. The molecule has 0 spiro atoms. The van der Waals surface area contributed by atoms with Crippen LogP contribution < -0.4 is 0 Å². The summed E-state index contributed by atoms with van der Waals surface area (Å²) in [4.78, 5) is 5.32. The average molecular weight is 249 g/mol. The number of hydroxylamine groups is 2. The Morgan fingerprint density at radius 3 is 2.44 bits per heavy atom. The van der Waals surface area contributed by atoms with E-state index in [-0.39, 0.29) is 19.3 Å². The van der Waals surface area contributed by atoms with Crippen LogP contribution in [0.3, 0.4) is 0 Å². The molecule has 1 atom stereocenters. The summed E-state index contributed by atoms with van der Waals surface area (Å²) < 4.78 is 9.65. The smallest absolute Gasteiger partial charge is 0.380 e. The Kier molecular flexibility index (Phi) is 4.92. The molecular formula is C9H18N2O4P-. The lowest BCUT2D eigenvalue weighted by molar-refractivity contribution is -0.221. The zero-order valence-electron chi connectivity index (χ0n) is 9.56. The van der Waals surface area contributed by atoms with Gasteiger partial charge in [0.15, 0.2) is 0 Å².